The average molecular weight is 348 g/mol. The molecule has 122 valence electrons. The molecule has 23 heavy (non-hydrogen) atoms. The first-order valence-corrected chi connectivity index (χ1v) is 10.6. The molecule has 0 fully saturated rings. The van der Waals surface area contributed by atoms with Gasteiger partial charge in [0.2, 0.25) is 0 Å². The predicted molar refractivity (Wildman–Crippen MR) is 101 cm³/mol. The van der Waals surface area contributed by atoms with Crippen LogP contribution in [0.25, 0.3) is 0 Å². The number of rotatable bonds is 8. The van der Waals surface area contributed by atoms with E-state index in [0.29, 0.717) is 17.4 Å². The van der Waals surface area contributed by atoms with Crippen molar-refractivity contribution in [3.8, 4) is 5.75 Å². The second-order valence-corrected chi connectivity index (χ2v) is 9.42. The van der Waals surface area contributed by atoms with Gasteiger partial charge in [-0.15, -0.1) is 0 Å². The van der Waals surface area contributed by atoms with Crippen LogP contribution in [0, 0.1) is 5.92 Å². The van der Waals surface area contributed by atoms with Crippen molar-refractivity contribution in [2.24, 2.45) is 10.7 Å². The van der Waals surface area contributed by atoms with Gasteiger partial charge >= 0.3 is 6.72 Å². The van der Waals surface area contributed by atoms with Crippen molar-refractivity contribution in [3.05, 3.63) is 60.7 Å². The van der Waals surface area contributed by atoms with E-state index >= 15 is 0 Å². The summed E-state index contributed by atoms with van der Waals surface area (Å²) in [6, 6.07) is 18.7. The Bertz CT molecular complexity index is 663. The van der Waals surface area contributed by atoms with Gasteiger partial charge in [-0.2, -0.15) is 4.76 Å². The molecule has 0 aliphatic rings. The van der Waals surface area contributed by atoms with Gasteiger partial charge in [-0.1, -0.05) is 50.2 Å². The minimum Gasteiger partial charge on any atom is -0.421 e. The third-order valence-corrected chi connectivity index (χ3v) is 6.65. The molecule has 0 saturated carbocycles. The Morgan fingerprint density at radius 2 is 1.74 bits per heavy atom. The Hall–Kier alpha value is -1.71. The third-order valence-electron chi connectivity index (χ3n) is 2.74. The lowest BCUT2D eigenvalue weighted by Gasteiger charge is -2.15. The predicted octanol–water partition coefficient (Wildman–Crippen LogP) is 5.70. The molecule has 1 atom stereocenters. The van der Waals surface area contributed by atoms with E-state index in [2.05, 4.69) is 23.9 Å². The molecule has 0 aliphatic heterocycles. The Morgan fingerprint density at radius 3 is 2.35 bits per heavy atom. The molecule has 0 radical (unpaired) electrons. The van der Waals surface area contributed by atoms with Gasteiger partial charge < -0.3 is 9.84 Å². The first kappa shape index (κ1) is 17.6. The molecule has 2 rings (SSSR count). The highest BCUT2D eigenvalue weighted by molar-refractivity contribution is 8.56. The molecule has 0 spiro atoms. The maximum atomic E-state index is 13.0. The lowest BCUT2D eigenvalue weighted by molar-refractivity contribution is 0.501. The zero-order chi connectivity index (χ0) is 16.5. The molecular weight excluding hydrogens is 327 g/mol. The van der Waals surface area contributed by atoms with Crippen LogP contribution in [0.15, 0.2) is 65.4 Å². The van der Waals surface area contributed by atoms with Crippen molar-refractivity contribution in [2.75, 3.05) is 11.1 Å². The molecular formula is C17H21N2O2PS. The van der Waals surface area contributed by atoms with Gasteiger partial charge in [0.05, 0.1) is 6.34 Å². The number of nitrogens with zero attached hydrogens (tertiary/aromatic N) is 1. The number of nitrogens with one attached hydrogen (secondary N) is 1. The number of para-hydroxylation sites is 2. The van der Waals surface area contributed by atoms with E-state index in [0.717, 1.165) is 5.69 Å². The van der Waals surface area contributed by atoms with Crippen molar-refractivity contribution in [1.29, 1.82) is 0 Å². The Balaban J connectivity index is 2.07. The van der Waals surface area contributed by atoms with Gasteiger partial charge in [0.1, 0.15) is 5.75 Å². The minimum absolute atomic E-state index is 0.407. The molecule has 0 aromatic heterocycles. The van der Waals surface area contributed by atoms with Crippen LogP contribution in [0.5, 0.6) is 5.75 Å². The van der Waals surface area contributed by atoms with Crippen LogP contribution >= 0.6 is 18.1 Å². The first-order valence-electron chi connectivity index (χ1n) is 7.42. The minimum atomic E-state index is -3.21. The van der Waals surface area contributed by atoms with Crippen molar-refractivity contribution in [3.63, 3.8) is 0 Å². The van der Waals surface area contributed by atoms with Gasteiger partial charge in [-0.25, -0.2) is 4.57 Å². The zero-order valence-electron chi connectivity index (χ0n) is 13.3. The number of anilines is 1. The van der Waals surface area contributed by atoms with Crippen molar-refractivity contribution < 1.29 is 9.09 Å². The fourth-order valence-corrected chi connectivity index (χ4v) is 5.11. The van der Waals surface area contributed by atoms with E-state index in [1.165, 1.54) is 17.7 Å². The molecule has 1 unspecified atom stereocenters. The van der Waals surface area contributed by atoms with E-state index in [1.807, 2.05) is 48.5 Å². The van der Waals surface area contributed by atoms with Crippen molar-refractivity contribution in [1.82, 2.24) is 0 Å². The molecule has 0 aliphatic carbocycles. The van der Waals surface area contributed by atoms with Crippen LogP contribution in [-0.4, -0.2) is 12.1 Å². The van der Waals surface area contributed by atoms with Crippen molar-refractivity contribution >= 4 is 30.1 Å². The highest BCUT2D eigenvalue weighted by Crippen LogP contribution is 2.60. The molecule has 4 nitrogen and oxygen atoms in total. The fraction of sp³-hybridized carbons (Fsp3) is 0.235. The zero-order valence-corrected chi connectivity index (χ0v) is 15.0. The Morgan fingerprint density at radius 1 is 1.13 bits per heavy atom. The van der Waals surface area contributed by atoms with E-state index < -0.39 is 6.72 Å². The lowest BCUT2D eigenvalue weighted by atomic mass is 10.3. The SMILES string of the molecule is CC(C)CSP(=O)(N=CNc1ccccc1)Oc1ccccc1. The standard InChI is InChI=1S/C17H21N2O2PS/c1-15(2)13-23-22(20,21-17-11-7-4-8-12-17)19-14-18-16-9-5-3-6-10-16/h3-12,14-15H,13H2,1-2H3,(H,18,19,20). The van der Waals surface area contributed by atoms with Crippen LogP contribution in [0.1, 0.15) is 13.8 Å². The largest absolute Gasteiger partial charge is 0.422 e. The molecule has 1 N–H and O–H groups in total. The summed E-state index contributed by atoms with van der Waals surface area (Å²) in [7, 11) is 0. The summed E-state index contributed by atoms with van der Waals surface area (Å²) in [5.74, 6) is 1.68. The Kier molecular flexibility index (Phi) is 6.75. The smallest absolute Gasteiger partial charge is 0.421 e. The first-order chi connectivity index (χ1) is 11.1. The second kappa shape index (κ2) is 8.80. The van der Waals surface area contributed by atoms with Gasteiger partial charge in [0.15, 0.2) is 0 Å². The van der Waals surface area contributed by atoms with Gasteiger partial charge in [-0.05, 0) is 41.6 Å². The van der Waals surface area contributed by atoms with Gasteiger partial charge in [-0.3, -0.25) is 0 Å². The summed E-state index contributed by atoms with van der Waals surface area (Å²) in [6.45, 7) is 0.942. The molecule has 0 bridgehead atoms. The van der Waals surface area contributed by atoms with Gasteiger partial charge in [0.25, 0.3) is 0 Å². The topological polar surface area (TPSA) is 50.7 Å². The van der Waals surface area contributed by atoms with E-state index in [9.17, 15) is 4.57 Å². The summed E-state index contributed by atoms with van der Waals surface area (Å²) in [5, 5.41) is 3.02. The summed E-state index contributed by atoms with van der Waals surface area (Å²) in [6.07, 6.45) is 1.45. The number of benzene rings is 2. The lowest BCUT2D eigenvalue weighted by Crippen LogP contribution is -1.98. The van der Waals surface area contributed by atoms with Crippen LogP contribution in [0.3, 0.4) is 0 Å². The monoisotopic (exact) mass is 348 g/mol. The molecule has 0 saturated heterocycles. The second-order valence-electron chi connectivity index (χ2n) is 5.32. The number of hydrogen-bond donors (Lipinski definition) is 1. The molecule has 2 aromatic carbocycles. The van der Waals surface area contributed by atoms with Crippen molar-refractivity contribution in [2.45, 2.75) is 13.8 Å². The average Bonchev–Trinajstić information content (AvgIpc) is 2.55. The molecule has 0 heterocycles. The number of hydrogen-bond acceptors (Lipinski definition) is 3. The summed E-state index contributed by atoms with van der Waals surface area (Å²) in [5.41, 5.74) is 0.886. The van der Waals surface area contributed by atoms with E-state index in [4.69, 9.17) is 4.52 Å². The maximum absolute atomic E-state index is 13.0. The summed E-state index contributed by atoms with van der Waals surface area (Å²) >= 11 is 1.26. The van der Waals surface area contributed by atoms with E-state index in [-0.39, 0.29) is 0 Å². The normalized spacial score (nSPS) is 13.9. The van der Waals surface area contributed by atoms with Crippen LogP contribution < -0.4 is 9.84 Å². The summed E-state index contributed by atoms with van der Waals surface area (Å²) < 4.78 is 22.8. The third kappa shape index (κ3) is 6.51. The van der Waals surface area contributed by atoms with E-state index in [1.54, 1.807) is 12.1 Å². The van der Waals surface area contributed by atoms with Crippen LogP contribution in [0.2, 0.25) is 0 Å². The quantitative estimate of drug-likeness (QED) is 0.377. The molecule has 0 amide bonds. The molecule has 2 aromatic rings. The fourth-order valence-electron chi connectivity index (χ4n) is 1.65. The van der Waals surface area contributed by atoms with Crippen LogP contribution in [-0.2, 0) is 4.57 Å². The Labute approximate surface area is 141 Å². The van der Waals surface area contributed by atoms with Gasteiger partial charge in [0, 0.05) is 11.4 Å². The summed E-state index contributed by atoms with van der Waals surface area (Å²) in [4.78, 5) is 0. The van der Waals surface area contributed by atoms with Crippen LogP contribution in [0.4, 0.5) is 5.69 Å². The highest BCUT2D eigenvalue weighted by Gasteiger charge is 2.24. The maximum Gasteiger partial charge on any atom is 0.422 e. The molecule has 6 heteroatoms. The highest BCUT2D eigenvalue weighted by atomic mass is 32.7.